The minimum atomic E-state index is -0.309. The molecule has 1 aliphatic rings. The quantitative estimate of drug-likeness (QED) is 0.729. The van der Waals surface area contributed by atoms with Crippen LogP contribution in [-0.4, -0.2) is 49.2 Å². The van der Waals surface area contributed by atoms with Crippen LogP contribution in [0.2, 0.25) is 0 Å². The van der Waals surface area contributed by atoms with Crippen molar-refractivity contribution in [3.05, 3.63) is 64.7 Å². The zero-order chi connectivity index (χ0) is 19.0. The monoisotopic (exact) mass is 365 g/mol. The van der Waals surface area contributed by atoms with Gasteiger partial charge in [-0.2, -0.15) is 10.2 Å². The van der Waals surface area contributed by atoms with Crippen molar-refractivity contribution in [2.24, 2.45) is 5.92 Å². The Morgan fingerprint density at radius 2 is 2.00 bits per heavy atom. The highest BCUT2D eigenvalue weighted by Crippen LogP contribution is 2.23. The summed E-state index contributed by atoms with van der Waals surface area (Å²) in [5, 5.41) is 22.2. The Morgan fingerprint density at radius 3 is 2.74 bits per heavy atom. The Balaban J connectivity index is 1.39. The topological polar surface area (TPSA) is 70.0 Å². The van der Waals surface area contributed by atoms with E-state index in [4.69, 9.17) is 0 Å². The lowest BCUT2D eigenvalue weighted by Gasteiger charge is -2.14. The lowest BCUT2D eigenvalue weighted by molar-refractivity contribution is 0.140. The summed E-state index contributed by atoms with van der Waals surface area (Å²) < 4.78 is 1.93. The van der Waals surface area contributed by atoms with Crippen molar-refractivity contribution < 1.29 is 5.11 Å². The minimum absolute atomic E-state index is 0.225. The first-order valence-electron chi connectivity index (χ1n) is 9.50. The van der Waals surface area contributed by atoms with E-state index in [1.54, 1.807) is 0 Å². The predicted octanol–water partition coefficient (Wildman–Crippen LogP) is 2.56. The number of benzene rings is 1. The van der Waals surface area contributed by atoms with Crippen molar-refractivity contribution in [2.45, 2.75) is 39.8 Å². The Morgan fingerprint density at radius 1 is 1.15 bits per heavy atom. The van der Waals surface area contributed by atoms with Crippen LogP contribution in [0.1, 0.15) is 28.1 Å². The number of hydrogen-bond acceptors (Lipinski definition) is 4. The molecule has 3 aromatic rings. The van der Waals surface area contributed by atoms with Crippen molar-refractivity contribution in [3.8, 4) is 5.69 Å². The highest BCUT2D eigenvalue weighted by atomic mass is 16.3. The molecular formula is C21H27N5O. The van der Waals surface area contributed by atoms with Crippen molar-refractivity contribution in [3.63, 3.8) is 0 Å². The second-order valence-corrected chi connectivity index (χ2v) is 7.83. The molecule has 0 radical (unpaired) electrons. The first-order valence-corrected chi connectivity index (χ1v) is 9.50. The summed E-state index contributed by atoms with van der Waals surface area (Å²) in [7, 11) is 0. The van der Waals surface area contributed by atoms with Gasteiger partial charge in [-0.25, -0.2) is 4.68 Å². The number of aromatic amines is 1. The zero-order valence-electron chi connectivity index (χ0n) is 16.2. The molecule has 1 fully saturated rings. The molecule has 1 aliphatic heterocycles. The van der Waals surface area contributed by atoms with Crippen LogP contribution in [0.15, 0.2) is 36.7 Å². The maximum atomic E-state index is 10.4. The van der Waals surface area contributed by atoms with E-state index in [0.717, 1.165) is 42.1 Å². The molecule has 6 heteroatoms. The first kappa shape index (κ1) is 17.9. The summed E-state index contributed by atoms with van der Waals surface area (Å²) in [5.41, 5.74) is 6.89. The van der Waals surface area contributed by atoms with E-state index in [2.05, 4.69) is 64.5 Å². The van der Waals surface area contributed by atoms with Gasteiger partial charge in [0, 0.05) is 43.0 Å². The summed E-state index contributed by atoms with van der Waals surface area (Å²) in [6, 6.07) is 8.45. The second-order valence-electron chi connectivity index (χ2n) is 7.83. The van der Waals surface area contributed by atoms with Gasteiger partial charge in [-0.3, -0.25) is 10.00 Å². The Labute approximate surface area is 159 Å². The van der Waals surface area contributed by atoms with Crippen molar-refractivity contribution in [2.75, 3.05) is 13.1 Å². The zero-order valence-corrected chi connectivity index (χ0v) is 16.2. The molecule has 1 saturated heterocycles. The lowest BCUT2D eigenvalue weighted by Crippen LogP contribution is -2.21. The smallest absolute Gasteiger partial charge is 0.0711 e. The second kappa shape index (κ2) is 7.29. The van der Waals surface area contributed by atoms with Crippen LogP contribution in [-0.2, 0) is 13.0 Å². The summed E-state index contributed by atoms with van der Waals surface area (Å²) in [4.78, 5) is 2.30. The van der Waals surface area contributed by atoms with Crippen molar-refractivity contribution in [1.29, 1.82) is 0 Å². The Bertz CT molecular complexity index is 928. The molecule has 6 nitrogen and oxygen atoms in total. The van der Waals surface area contributed by atoms with Gasteiger partial charge >= 0.3 is 0 Å². The van der Waals surface area contributed by atoms with E-state index < -0.39 is 0 Å². The highest BCUT2D eigenvalue weighted by Gasteiger charge is 2.31. The van der Waals surface area contributed by atoms with Crippen LogP contribution < -0.4 is 0 Å². The molecule has 142 valence electrons. The Hall–Kier alpha value is -2.44. The summed E-state index contributed by atoms with van der Waals surface area (Å²) in [6.07, 6.45) is 4.51. The average Bonchev–Trinajstić information content (AvgIpc) is 3.33. The SMILES string of the molecule is Cc1cc(C[C@@H]2CN(Cc3cnn(-c4ccc(C)c(C)c4)c3)C[C@@H]2O)n[nH]1. The van der Waals surface area contributed by atoms with Gasteiger partial charge in [0.15, 0.2) is 0 Å². The molecule has 0 spiro atoms. The van der Waals surface area contributed by atoms with Gasteiger partial charge in [0.05, 0.1) is 23.7 Å². The van der Waals surface area contributed by atoms with E-state index >= 15 is 0 Å². The minimum Gasteiger partial charge on any atom is -0.391 e. The van der Waals surface area contributed by atoms with Gasteiger partial charge < -0.3 is 5.11 Å². The molecular weight excluding hydrogens is 338 g/mol. The molecule has 0 aliphatic carbocycles. The largest absolute Gasteiger partial charge is 0.391 e. The van der Waals surface area contributed by atoms with Gasteiger partial charge in [0.1, 0.15) is 0 Å². The number of likely N-dealkylation sites (tertiary alicyclic amines) is 1. The molecule has 0 saturated carbocycles. The van der Waals surface area contributed by atoms with Gasteiger partial charge in [0.2, 0.25) is 0 Å². The molecule has 3 heterocycles. The first-order chi connectivity index (χ1) is 13.0. The predicted molar refractivity (Wildman–Crippen MR) is 105 cm³/mol. The van der Waals surface area contributed by atoms with Crippen molar-refractivity contribution >= 4 is 0 Å². The number of aryl methyl sites for hydroxylation is 3. The molecule has 0 bridgehead atoms. The maximum Gasteiger partial charge on any atom is 0.0711 e. The average molecular weight is 365 g/mol. The summed E-state index contributed by atoms with van der Waals surface area (Å²) in [6.45, 7) is 8.62. The van der Waals surface area contributed by atoms with Gasteiger partial charge in [0.25, 0.3) is 0 Å². The van der Waals surface area contributed by atoms with E-state index in [0.29, 0.717) is 6.54 Å². The van der Waals surface area contributed by atoms with Crippen LogP contribution >= 0.6 is 0 Å². The van der Waals surface area contributed by atoms with Crippen LogP contribution in [0, 0.1) is 26.7 Å². The fourth-order valence-electron chi connectivity index (χ4n) is 3.83. The van der Waals surface area contributed by atoms with E-state index in [9.17, 15) is 5.11 Å². The number of rotatable bonds is 5. The number of nitrogens with one attached hydrogen (secondary N) is 1. The molecule has 0 amide bonds. The number of aliphatic hydroxyl groups is 1. The number of β-amino-alcohol motifs (C(OH)–C–C–N with tert-alkyl or cyclic N) is 1. The van der Waals surface area contributed by atoms with Crippen LogP contribution in [0.4, 0.5) is 0 Å². The molecule has 4 rings (SSSR count). The third-order valence-corrected chi connectivity index (χ3v) is 5.51. The fourth-order valence-corrected chi connectivity index (χ4v) is 3.83. The number of aromatic nitrogens is 4. The Kier molecular flexibility index (Phi) is 4.85. The normalized spacial score (nSPS) is 20.4. The third kappa shape index (κ3) is 3.96. The van der Waals surface area contributed by atoms with Gasteiger partial charge in [-0.1, -0.05) is 6.07 Å². The molecule has 0 unspecified atom stereocenters. The van der Waals surface area contributed by atoms with Gasteiger partial charge in [-0.05, 0) is 56.5 Å². The van der Waals surface area contributed by atoms with E-state index in [1.807, 2.05) is 17.8 Å². The summed E-state index contributed by atoms with van der Waals surface area (Å²) in [5.74, 6) is 0.225. The lowest BCUT2D eigenvalue weighted by atomic mass is 10.0. The number of nitrogens with zero attached hydrogens (tertiary/aromatic N) is 4. The third-order valence-electron chi connectivity index (χ3n) is 5.51. The van der Waals surface area contributed by atoms with Gasteiger partial charge in [-0.15, -0.1) is 0 Å². The number of H-pyrrole nitrogens is 1. The standard InChI is InChI=1S/C21H27N5O/c1-14-4-5-20(6-15(14)2)26-11-17(9-22-26)10-25-12-18(21(27)13-25)8-19-7-16(3)23-24-19/h4-7,9,11,18,21,27H,8,10,12-13H2,1-3H3,(H,23,24)/t18-,21+/m1/s1. The number of aliphatic hydroxyl groups excluding tert-OH is 1. The fraction of sp³-hybridized carbons (Fsp3) is 0.429. The van der Waals surface area contributed by atoms with Crippen LogP contribution in [0.3, 0.4) is 0 Å². The van der Waals surface area contributed by atoms with Crippen molar-refractivity contribution in [1.82, 2.24) is 24.9 Å². The molecule has 27 heavy (non-hydrogen) atoms. The molecule has 2 aromatic heterocycles. The van der Waals surface area contributed by atoms with Crippen LogP contribution in [0.5, 0.6) is 0 Å². The molecule has 2 atom stereocenters. The molecule has 2 N–H and O–H groups in total. The summed E-state index contributed by atoms with van der Waals surface area (Å²) >= 11 is 0. The van der Waals surface area contributed by atoms with E-state index in [-0.39, 0.29) is 12.0 Å². The van der Waals surface area contributed by atoms with Crippen LogP contribution in [0.25, 0.3) is 5.69 Å². The van der Waals surface area contributed by atoms with E-state index in [1.165, 1.54) is 11.1 Å². The maximum absolute atomic E-state index is 10.4. The molecule has 1 aromatic carbocycles. The number of hydrogen-bond donors (Lipinski definition) is 2. The highest BCUT2D eigenvalue weighted by molar-refractivity contribution is 5.39.